The zero-order valence-corrected chi connectivity index (χ0v) is 20.2. The summed E-state index contributed by atoms with van der Waals surface area (Å²) in [6.45, 7) is 3.72. The van der Waals surface area contributed by atoms with Crippen LogP contribution in [0.25, 0.3) is 0 Å². The van der Waals surface area contributed by atoms with Crippen molar-refractivity contribution in [3.05, 3.63) is 29.8 Å². The molecule has 1 heterocycles. The van der Waals surface area contributed by atoms with E-state index < -0.39 is 12.1 Å². The smallest absolute Gasteiger partial charge is 0.357 e. The number of aliphatic imine (C=N–C) groups is 1. The third-order valence-electron chi connectivity index (χ3n) is 5.83. The maximum atomic E-state index is 13.0. The highest BCUT2D eigenvalue weighted by molar-refractivity contribution is 14.0. The van der Waals surface area contributed by atoms with Gasteiger partial charge in [-0.3, -0.25) is 9.79 Å². The molecule has 9 heteroatoms. The van der Waals surface area contributed by atoms with Gasteiger partial charge in [0.2, 0.25) is 5.91 Å². The Morgan fingerprint density at radius 1 is 1.26 bits per heavy atom. The number of halogens is 4. The molecule has 0 bridgehead atoms. The van der Waals surface area contributed by atoms with Gasteiger partial charge in [0, 0.05) is 37.8 Å². The van der Waals surface area contributed by atoms with Crippen molar-refractivity contribution in [2.24, 2.45) is 10.9 Å². The molecule has 0 aromatic heterocycles. The molecule has 2 aliphatic rings. The Balaban J connectivity index is 0.00000341. The molecule has 1 fully saturated rings. The summed E-state index contributed by atoms with van der Waals surface area (Å²) in [4.78, 5) is 18.9. The van der Waals surface area contributed by atoms with Crippen LogP contribution in [0.1, 0.15) is 51.0 Å². The van der Waals surface area contributed by atoms with Gasteiger partial charge in [-0.2, -0.15) is 13.2 Å². The molecule has 1 aromatic carbocycles. The minimum absolute atomic E-state index is 0. The molecule has 31 heavy (non-hydrogen) atoms. The summed E-state index contributed by atoms with van der Waals surface area (Å²) in [5.41, 5.74) is 2.20. The molecule has 0 radical (unpaired) electrons. The van der Waals surface area contributed by atoms with Crippen molar-refractivity contribution in [1.29, 1.82) is 0 Å². The number of guanidine groups is 1. The molecule has 0 saturated heterocycles. The predicted octanol–water partition coefficient (Wildman–Crippen LogP) is 4.65. The second-order valence-electron chi connectivity index (χ2n) is 8.03. The number of alkyl halides is 3. The van der Waals surface area contributed by atoms with E-state index in [0.29, 0.717) is 51.3 Å². The second-order valence-corrected chi connectivity index (χ2v) is 8.03. The number of para-hydroxylation sites is 1. The van der Waals surface area contributed by atoms with Crippen LogP contribution in [0.4, 0.5) is 18.9 Å². The molecule has 1 saturated carbocycles. The van der Waals surface area contributed by atoms with Crippen LogP contribution >= 0.6 is 24.0 Å². The van der Waals surface area contributed by atoms with E-state index in [1.807, 2.05) is 30.0 Å². The SMILES string of the molecule is CCNC(=NCCCC(=O)N1CCc2ccccc21)NC1CCCC(C(F)(F)F)C1.I. The molecule has 5 nitrogen and oxygen atoms in total. The quantitative estimate of drug-likeness (QED) is 0.234. The largest absolute Gasteiger partial charge is 0.391 e. The van der Waals surface area contributed by atoms with E-state index >= 15 is 0 Å². The Bertz CT molecular complexity index is 757. The minimum Gasteiger partial charge on any atom is -0.357 e. The zero-order valence-electron chi connectivity index (χ0n) is 17.9. The maximum Gasteiger partial charge on any atom is 0.391 e. The Morgan fingerprint density at radius 3 is 2.77 bits per heavy atom. The standard InChI is InChI=1S/C22H31F3N4O.HI/c1-2-26-21(28-18-9-5-8-17(15-18)22(23,24)25)27-13-6-11-20(30)29-14-12-16-7-3-4-10-19(16)29;/h3-4,7,10,17-18H,2,5-6,8-9,11-15H2,1H3,(H2,26,27,28);1H. The van der Waals surface area contributed by atoms with E-state index in [9.17, 15) is 18.0 Å². The van der Waals surface area contributed by atoms with Crippen molar-refractivity contribution >= 4 is 41.5 Å². The van der Waals surface area contributed by atoms with Crippen LogP contribution in [0.2, 0.25) is 0 Å². The van der Waals surface area contributed by atoms with Crippen molar-refractivity contribution in [2.45, 2.75) is 64.1 Å². The van der Waals surface area contributed by atoms with Crippen LogP contribution in [0.15, 0.2) is 29.3 Å². The Hall–Kier alpha value is -1.52. The fourth-order valence-electron chi connectivity index (χ4n) is 4.28. The van der Waals surface area contributed by atoms with E-state index in [4.69, 9.17) is 0 Å². The molecular weight excluding hydrogens is 520 g/mol. The number of nitrogens with one attached hydrogen (secondary N) is 2. The van der Waals surface area contributed by atoms with Gasteiger partial charge >= 0.3 is 6.18 Å². The van der Waals surface area contributed by atoms with Crippen molar-refractivity contribution in [3.8, 4) is 0 Å². The number of anilines is 1. The van der Waals surface area contributed by atoms with E-state index in [2.05, 4.69) is 21.7 Å². The summed E-state index contributed by atoms with van der Waals surface area (Å²) in [6, 6.07) is 7.73. The van der Waals surface area contributed by atoms with Crippen LogP contribution in [-0.4, -0.2) is 43.7 Å². The summed E-state index contributed by atoms with van der Waals surface area (Å²) in [5, 5.41) is 6.26. The third kappa shape index (κ3) is 7.25. The highest BCUT2D eigenvalue weighted by Gasteiger charge is 2.42. The van der Waals surface area contributed by atoms with E-state index in [0.717, 1.165) is 12.1 Å². The first-order chi connectivity index (χ1) is 14.4. The summed E-state index contributed by atoms with van der Waals surface area (Å²) >= 11 is 0. The number of benzene rings is 1. The minimum atomic E-state index is -4.13. The van der Waals surface area contributed by atoms with Gasteiger partial charge < -0.3 is 15.5 Å². The highest BCUT2D eigenvalue weighted by atomic mass is 127. The van der Waals surface area contributed by atoms with Crippen molar-refractivity contribution in [3.63, 3.8) is 0 Å². The number of fused-ring (bicyclic) bond motifs is 1. The predicted molar refractivity (Wildman–Crippen MR) is 128 cm³/mol. The van der Waals surface area contributed by atoms with E-state index in [1.54, 1.807) is 0 Å². The molecule has 1 aromatic rings. The zero-order chi connectivity index (χ0) is 21.6. The first-order valence-electron chi connectivity index (χ1n) is 10.9. The van der Waals surface area contributed by atoms with E-state index in [1.165, 1.54) is 5.56 Å². The topological polar surface area (TPSA) is 56.7 Å². The number of nitrogens with zero attached hydrogens (tertiary/aromatic N) is 2. The third-order valence-corrected chi connectivity index (χ3v) is 5.83. The molecule has 0 spiro atoms. The van der Waals surface area contributed by atoms with Gasteiger partial charge in [-0.15, -0.1) is 24.0 Å². The van der Waals surface area contributed by atoms with Gasteiger partial charge in [-0.1, -0.05) is 24.6 Å². The number of carbonyl (C=O) groups is 1. The molecule has 2 atom stereocenters. The van der Waals surface area contributed by atoms with Crippen molar-refractivity contribution in [1.82, 2.24) is 10.6 Å². The Labute approximate surface area is 199 Å². The van der Waals surface area contributed by atoms with Crippen LogP contribution in [0, 0.1) is 5.92 Å². The van der Waals surface area contributed by atoms with Gasteiger partial charge in [0.15, 0.2) is 5.96 Å². The van der Waals surface area contributed by atoms with Gasteiger partial charge in [0.05, 0.1) is 5.92 Å². The highest BCUT2D eigenvalue weighted by Crippen LogP contribution is 2.37. The number of hydrogen-bond donors (Lipinski definition) is 2. The lowest BCUT2D eigenvalue weighted by Crippen LogP contribution is -2.46. The molecular formula is C22H32F3IN4O. The Kier molecular flexibility index (Phi) is 9.90. The molecule has 1 aliphatic carbocycles. The van der Waals surface area contributed by atoms with Gasteiger partial charge in [0.1, 0.15) is 0 Å². The fourth-order valence-corrected chi connectivity index (χ4v) is 4.28. The lowest BCUT2D eigenvalue weighted by molar-refractivity contribution is -0.183. The summed E-state index contributed by atoms with van der Waals surface area (Å²) in [7, 11) is 0. The van der Waals surface area contributed by atoms with Crippen LogP contribution < -0.4 is 15.5 Å². The van der Waals surface area contributed by atoms with Gasteiger partial charge in [0.25, 0.3) is 0 Å². The first kappa shape index (κ1) is 25.7. The molecule has 2 N–H and O–H groups in total. The number of hydrogen-bond acceptors (Lipinski definition) is 2. The lowest BCUT2D eigenvalue weighted by Gasteiger charge is -2.31. The molecule has 174 valence electrons. The summed E-state index contributed by atoms with van der Waals surface area (Å²) in [6.07, 6.45) is -0.686. The number of carbonyl (C=O) groups excluding carboxylic acids is 1. The van der Waals surface area contributed by atoms with Gasteiger partial charge in [-0.25, -0.2) is 0 Å². The summed E-state index contributed by atoms with van der Waals surface area (Å²) in [5.74, 6) is -0.620. The first-order valence-corrected chi connectivity index (χ1v) is 10.9. The molecule has 3 rings (SSSR count). The molecule has 1 amide bonds. The monoisotopic (exact) mass is 552 g/mol. The van der Waals surface area contributed by atoms with Crippen LogP contribution in [0.5, 0.6) is 0 Å². The summed E-state index contributed by atoms with van der Waals surface area (Å²) < 4.78 is 39.1. The maximum absolute atomic E-state index is 13.0. The normalized spacial score (nSPS) is 21.3. The fraction of sp³-hybridized carbons (Fsp3) is 0.636. The average molecular weight is 552 g/mol. The second kappa shape index (κ2) is 11.9. The van der Waals surface area contributed by atoms with Crippen LogP contribution in [0.3, 0.4) is 0 Å². The van der Waals surface area contributed by atoms with E-state index in [-0.39, 0.29) is 48.8 Å². The van der Waals surface area contributed by atoms with Crippen LogP contribution in [-0.2, 0) is 11.2 Å². The lowest BCUT2D eigenvalue weighted by atomic mass is 9.85. The molecule has 1 aliphatic heterocycles. The van der Waals surface area contributed by atoms with Crippen molar-refractivity contribution < 1.29 is 18.0 Å². The van der Waals surface area contributed by atoms with Gasteiger partial charge in [-0.05, 0) is 50.7 Å². The number of rotatable bonds is 6. The average Bonchev–Trinajstić information content (AvgIpc) is 3.15. The molecule has 2 unspecified atom stereocenters. The Morgan fingerprint density at radius 2 is 2.03 bits per heavy atom. The van der Waals surface area contributed by atoms with Crippen molar-refractivity contribution in [2.75, 3.05) is 24.5 Å². The number of amides is 1.